The maximum Gasteiger partial charge on any atom is 0.586 e. The third-order valence-corrected chi connectivity index (χ3v) is 7.12. The number of Topliss-reactive ketones (excluding diaryl/α,β-unsaturated/α-hetero) is 1. The van der Waals surface area contributed by atoms with Gasteiger partial charge in [0, 0.05) is 41.4 Å². The van der Waals surface area contributed by atoms with E-state index in [4.69, 9.17) is 5.41 Å². The number of benzene rings is 2. The Labute approximate surface area is 208 Å². The molecule has 1 unspecified atom stereocenters. The number of hydrogen-bond acceptors (Lipinski definition) is 5. The first-order chi connectivity index (χ1) is 16.9. The van der Waals surface area contributed by atoms with E-state index in [2.05, 4.69) is 40.9 Å². The van der Waals surface area contributed by atoms with Gasteiger partial charge in [0.25, 0.3) is 0 Å². The second kappa shape index (κ2) is 8.40. The lowest BCUT2D eigenvalue weighted by Gasteiger charge is -2.23. The van der Waals surface area contributed by atoms with E-state index in [1.165, 1.54) is 18.3 Å². The van der Waals surface area contributed by atoms with E-state index in [0.29, 0.717) is 24.9 Å². The molecule has 3 aromatic rings. The van der Waals surface area contributed by atoms with Crippen LogP contribution in [0, 0.1) is 5.41 Å². The number of nitrogens with zero attached hydrogens (tertiary/aromatic N) is 1. The van der Waals surface area contributed by atoms with Crippen LogP contribution in [-0.2, 0) is 28.6 Å². The van der Waals surface area contributed by atoms with Crippen molar-refractivity contribution in [3.05, 3.63) is 59.3 Å². The normalized spacial score (nSPS) is 18.3. The van der Waals surface area contributed by atoms with Gasteiger partial charge < -0.3 is 24.6 Å². The summed E-state index contributed by atoms with van der Waals surface area (Å²) >= 11 is 0. The molecular weight excluding hydrogens is 466 g/mol. The number of ketones is 1. The van der Waals surface area contributed by atoms with Crippen molar-refractivity contribution >= 4 is 22.9 Å². The zero-order valence-electron chi connectivity index (χ0n) is 20.6. The van der Waals surface area contributed by atoms with Gasteiger partial charge in [-0.1, -0.05) is 32.9 Å². The van der Waals surface area contributed by atoms with Crippen molar-refractivity contribution in [3.8, 4) is 11.5 Å². The summed E-state index contributed by atoms with van der Waals surface area (Å²) in [6.45, 7) is 6.73. The van der Waals surface area contributed by atoms with Gasteiger partial charge >= 0.3 is 6.29 Å². The van der Waals surface area contributed by atoms with E-state index in [1.54, 1.807) is 6.07 Å². The second-order valence-corrected chi connectivity index (χ2v) is 10.9. The van der Waals surface area contributed by atoms with Crippen molar-refractivity contribution in [2.24, 2.45) is 0 Å². The minimum absolute atomic E-state index is 0.0256. The quantitative estimate of drug-likeness (QED) is 0.403. The first kappa shape index (κ1) is 24.4. The molecule has 1 fully saturated rings. The molecule has 0 saturated heterocycles. The molecule has 2 aliphatic rings. The Morgan fingerprint density at radius 1 is 1.14 bits per heavy atom. The van der Waals surface area contributed by atoms with Crippen molar-refractivity contribution in [2.45, 2.75) is 76.2 Å². The van der Waals surface area contributed by atoms with Gasteiger partial charge in [-0.05, 0) is 60.5 Å². The Morgan fingerprint density at radius 2 is 1.86 bits per heavy atom. The summed E-state index contributed by atoms with van der Waals surface area (Å²) in [4.78, 5) is 13.4. The number of carbonyl (C=O) groups excluding carboxylic acids is 1. The standard InChI is InChI=1S/C28H30F2N2O4/c1-26(2,3)24-14-18-12-17(4-6-21(18)32(24)16-20(33)8-11-31)13-25(34)27(9-10-27)19-5-7-22-23(15-19)36-28(29,30)35-22/h4-7,11-12,14-15,20,31,33H,8-10,13,16H2,1-3H3. The fraction of sp³-hybridized carbons (Fsp3) is 0.429. The first-order valence-corrected chi connectivity index (χ1v) is 12.2. The molecule has 1 aliphatic carbocycles. The van der Waals surface area contributed by atoms with Crippen LogP contribution >= 0.6 is 0 Å². The summed E-state index contributed by atoms with van der Waals surface area (Å²) in [7, 11) is 0. The summed E-state index contributed by atoms with van der Waals surface area (Å²) < 4.78 is 38.0. The van der Waals surface area contributed by atoms with Gasteiger partial charge in [0.1, 0.15) is 5.78 Å². The van der Waals surface area contributed by atoms with Gasteiger partial charge in [-0.2, -0.15) is 0 Å². The molecule has 190 valence electrons. The van der Waals surface area contributed by atoms with E-state index in [-0.39, 0.29) is 35.5 Å². The zero-order chi connectivity index (χ0) is 25.9. The molecule has 2 heterocycles. The molecule has 1 atom stereocenters. The largest absolute Gasteiger partial charge is 0.586 e. The van der Waals surface area contributed by atoms with Crippen LogP contribution in [0.15, 0.2) is 42.5 Å². The van der Waals surface area contributed by atoms with Gasteiger partial charge in [0.2, 0.25) is 0 Å². The zero-order valence-corrected chi connectivity index (χ0v) is 20.6. The maximum absolute atomic E-state index is 13.4. The minimum atomic E-state index is -3.69. The highest BCUT2D eigenvalue weighted by Gasteiger charge is 2.52. The van der Waals surface area contributed by atoms with E-state index in [1.807, 2.05) is 18.2 Å². The van der Waals surface area contributed by atoms with Crippen LogP contribution in [0.2, 0.25) is 0 Å². The third kappa shape index (κ3) is 4.39. The van der Waals surface area contributed by atoms with Crippen LogP contribution in [0.1, 0.15) is 56.9 Å². The van der Waals surface area contributed by atoms with Crippen molar-refractivity contribution in [1.29, 1.82) is 5.41 Å². The average Bonchev–Trinajstić information content (AvgIpc) is 3.43. The first-order valence-electron chi connectivity index (χ1n) is 12.2. The second-order valence-electron chi connectivity index (χ2n) is 10.9. The number of ether oxygens (including phenoxy) is 2. The molecule has 8 heteroatoms. The fourth-order valence-electron chi connectivity index (χ4n) is 5.12. The number of aromatic nitrogens is 1. The summed E-state index contributed by atoms with van der Waals surface area (Å²) in [6, 6.07) is 12.6. The Hall–Kier alpha value is -3.26. The minimum Gasteiger partial charge on any atom is -0.395 e. The summed E-state index contributed by atoms with van der Waals surface area (Å²) in [5, 5.41) is 18.6. The number of carbonyl (C=O) groups is 1. The molecule has 0 radical (unpaired) electrons. The van der Waals surface area contributed by atoms with E-state index >= 15 is 0 Å². The maximum atomic E-state index is 13.4. The van der Waals surface area contributed by atoms with Gasteiger partial charge in [-0.25, -0.2) is 0 Å². The highest BCUT2D eigenvalue weighted by molar-refractivity contribution is 5.95. The lowest BCUT2D eigenvalue weighted by molar-refractivity contribution is -0.286. The number of fused-ring (bicyclic) bond motifs is 2. The molecule has 5 rings (SSSR count). The van der Waals surface area contributed by atoms with Crippen molar-refractivity contribution < 1.29 is 28.2 Å². The van der Waals surface area contributed by atoms with E-state index < -0.39 is 17.8 Å². The van der Waals surface area contributed by atoms with Crippen LogP contribution < -0.4 is 9.47 Å². The molecule has 1 aromatic heterocycles. The molecule has 0 spiro atoms. The fourth-order valence-corrected chi connectivity index (χ4v) is 5.12. The van der Waals surface area contributed by atoms with Gasteiger partial charge in [0.05, 0.1) is 11.5 Å². The number of nitrogens with one attached hydrogen (secondary N) is 1. The van der Waals surface area contributed by atoms with E-state index in [9.17, 15) is 18.7 Å². The van der Waals surface area contributed by atoms with Crippen molar-refractivity contribution in [1.82, 2.24) is 4.57 Å². The molecular formula is C28H30F2N2O4. The van der Waals surface area contributed by atoms with Gasteiger partial charge in [-0.15, -0.1) is 8.78 Å². The van der Waals surface area contributed by atoms with Crippen LogP contribution in [0.4, 0.5) is 8.78 Å². The Balaban J connectivity index is 1.41. The number of alkyl halides is 2. The highest BCUT2D eigenvalue weighted by atomic mass is 19.3. The number of rotatable bonds is 8. The Morgan fingerprint density at radius 3 is 2.53 bits per heavy atom. The van der Waals surface area contributed by atoms with Crippen LogP contribution in [-0.4, -0.2) is 34.1 Å². The summed E-state index contributed by atoms with van der Waals surface area (Å²) in [5.41, 5.74) is 2.75. The highest BCUT2D eigenvalue weighted by Crippen LogP contribution is 2.52. The molecule has 2 N–H and O–H groups in total. The summed E-state index contributed by atoms with van der Waals surface area (Å²) in [6.07, 6.45) is -1.27. The molecule has 0 bridgehead atoms. The van der Waals surface area contributed by atoms with Crippen LogP contribution in [0.25, 0.3) is 10.9 Å². The summed E-state index contributed by atoms with van der Waals surface area (Å²) in [5.74, 6) is -0.0223. The molecule has 2 aromatic carbocycles. The van der Waals surface area contributed by atoms with Crippen molar-refractivity contribution in [3.63, 3.8) is 0 Å². The SMILES string of the molecule is CC(C)(C)c1cc2cc(CC(=O)C3(c4ccc5c(c4)OC(F)(F)O5)CC3)ccc2n1CC(O)CC=N. The lowest BCUT2D eigenvalue weighted by Crippen LogP contribution is -2.26. The average molecular weight is 497 g/mol. The molecule has 0 amide bonds. The third-order valence-electron chi connectivity index (χ3n) is 7.12. The van der Waals surface area contributed by atoms with Crippen LogP contribution in [0.3, 0.4) is 0 Å². The van der Waals surface area contributed by atoms with Crippen molar-refractivity contribution in [2.75, 3.05) is 0 Å². The number of halogens is 2. The molecule has 1 aliphatic heterocycles. The Bertz CT molecular complexity index is 1350. The van der Waals surface area contributed by atoms with Crippen LogP contribution in [0.5, 0.6) is 11.5 Å². The number of aliphatic hydroxyl groups excluding tert-OH is 1. The predicted octanol–water partition coefficient (Wildman–Crippen LogP) is 5.50. The van der Waals surface area contributed by atoms with E-state index in [0.717, 1.165) is 22.2 Å². The monoisotopic (exact) mass is 496 g/mol. The Kier molecular flexibility index (Phi) is 5.70. The predicted molar refractivity (Wildman–Crippen MR) is 132 cm³/mol. The smallest absolute Gasteiger partial charge is 0.395 e. The topological polar surface area (TPSA) is 84.5 Å². The molecule has 6 nitrogen and oxygen atoms in total. The molecule has 1 saturated carbocycles. The van der Waals surface area contributed by atoms with Gasteiger partial charge in [-0.3, -0.25) is 4.79 Å². The molecule has 36 heavy (non-hydrogen) atoms. The lowest BCUT2D eigenvalue weighted by atomic mass is 9.87. The van der Waals surface area contributed by atoms with Gasteiger partial charge in [0.15, 0.2) is 11.5 Å². The number of aliphatic hydroxyl groups is 1. The number of hydrogen-bond donors (Lipinski definition) is 2.